The van der Waals surface area contributed by atoms with E-state index < -0.39 is 15.9 Å². The lowest BCUT2D eigenvalue weighted by Crippen LogP contribution is -2.27. The predicted octanol–water partition coefficient (Wildman–Crippen LogP) is 3.28. The van der Waals surface area contributed by atoms with Gasteiger partial charge >= 0.3 is 0 Å². The SMILES string of the molecule is NS(=O)(=O)c1ccc(CCNC(=O)c2nnn(-c3cc(Cl)cc(Cl)c3)c2CSc2ncccn2)cc1. The van der Waals surface area contributed by atoms with Gasteiger partial charge in [-0.3, -0.25) is 4.79 Å². The van der Waals surface area contributed by atoms with Crippen LogP contribution in [0.3, 0.4) is 0 Å². The van der Waals surface area contributed by atoms with E-state index in [1.54, 1.807) is 48.8 Å². The molecule has 3 N–H and O–H groups in total. The Morgan fingerprint density at radius 3 is 2.36 bits per heavy atom. The average Bonchev–Trinajstić information content (AvgIpc) is 3.27. The lowest BCUT2D eigenvalue weighted by molar-refractivity contribution is 0.0948. The Morgan fingerprint density at radius 2 is 1.72 bits per heavy atom. The van der Waals surface area contributed by atoms with Crippen molar-refractivity contribution in [1.29, 1.82) is 0 Å². The maximum Gasteiger partial charge on any atom is 0.273 e. The summed E-state index contributed by atoms with van der Waals surface area (Å²) >= 11 is 13.7. The molecule has 0 aliphatic rings. The molecular formula is C22H19Cl2N7O3S2. The van der Waals surface area contributed by atoms with Crippen LogP contribution in [0.5, 0.6) is 0 Å². The monoisotopic (exact) mass is 563 g/mol. The maximum atomic E-state index is 13.0. The number of rotatable bonds is 9. The standard InChI is InChI=1S/C22H19Cl2N7O3S2/c23-15-10-16(24)12-17(11-15)31-19(13-35-22-27-7-1-8-28-22)20(29-30-31)21(32)26-9-6-14-2-4-18(5-3-14)36(25,33)34/h1-5,7-8,10-12H,6,9,13H2,(H,26,32)(H2,25,33,34). The molecule has 0 spiro atoms. The molecule has 0 fully saturated rings. The molecule has 0 bridgehead atoms. The molecule has 0 aliphatic carbocycles. The fraction of sp³-hybridized carbons (Fsp3) is 0.136. The first-order valence-electron chi connectivity index (χ1n) is 10.4. The lowest BCUT2D eigenvalue weighted by atomic mass is 10.1. The van der Waals surface area contributed by atoms with E-state index in [2.05, 4.69) is 25.6 Å². The second-order valence-corrected chi connectivity index (χ2v) is 10.8. The van der Waals surface area contributed by atoms with Crippen LogP contribution in [-0.4, -0.2) is 45.8 Å². The molecule has 0 saturated carbocycles. The topological polar surface area (TPSA) is 146 Å². The zero-order valence-corrected chi connectivity index (χ0v) is 21.7. The molecule has 4 rings (SSSR count). The van der Waals surface area contributed by atoms with E-state index in [4.69, 9.17) is 28.3 Å². The Morgan fingerprint density at radius 1 is 1.06 bits per heavy atom. The molecule has 0 saturated heterocycles. The van der Waals surface area contributed by atoms with Crippen molar-refractivity contribution >= 4 is 50.9 Å². The van der Waals surface area contributed by atoms with Crippen molar-refractivity contribution in [3.8, 4) is 5.69 Å². The average molecular weight is 564 g/mol. The number of amides is 1. The molecule has 2 aromatic heterocycles. The number of nitrogens with two attached hydrogens (primary N) is 1. The lowest BCUT2D eigenvalue weighted by Gasteiger charge is -2.09. The van der Waals surface area contributed by atoms with Crippen LogP contribution in [0, 0.1) is 0 Å². The highest BCUT2D eigenvalue weighted by molar-refractivity contribution is 7.98. The molecule has 0 aliphatic heterocycles. The van der Waals surface area contributed by atoms with E-state index in [0.717, 1.165) is 5.56 Å². The van der Waals surface area contributed by atoms with E-state index in [0.29, 0.717) is 38.8 Å². The summed E-state index contributed by atoms with van der Waals surface area (Å²) in [5.41, 5.74) is 2.04. The predicted molar refractivity (Wildman–Crippen MR) is 137 cm³/mol. The second kappa shape index (κ2) is 11.4. The van der Waals surface area contributed by atoms with Crippen LogP contribution < -0.4 is 10.5 Å². The molecule has 36 heavy (non-hydrogen) atoms. The number of primary sulfonamides is 1. The minimum absolute atomic E-state index is 0.0255. The van der Waals surface area contributed by atoms with E-state index in [1.165, 1.54) is 28.6 Å². The highest BCUT2D eigenvalue weighted by Gasteiger charge is 2.21. The summed E-state index contributed by atoms with van der Waals surface area (Å²) in [7, 11) is -3.76. The summed E-state index contributed by atoms with van der Waals surface area (Å²) in [4.78, 5) is 21.4. The van der Waals surface area contributed by atoms with Gasteiger partial charge in [0.2, 0.25) is 10.0 Å². The number of nitrogens with one attached hydrogen (secondary N) is 1. The number of aromatic nitrogens is 5. The molecule has 10 nitrogen and oxygen atoms in total. The summed E-state index contributed by atoms with van der Waals surface area (Å²) in [5.74, 6) is -0.112. The Balaban J connectivity index is 1.52. The summed E-state index contributed by atoms with van der Waals surface area (Å²) < 4.78 is 24.3. The molecule has 2 aromatic carbocycles. The van der Waals surface area contributed by atoms with Crippen molar-refractivity contribution in [1.82, 2.24) is 30.3 Å². The third-order valence-corrected chi connectivity index (χ3v) is 7.15. The smallest absolute Gasteiger partial charge is 0.273 e. The minimum Gasteiger partial charge on any atom is -0.350 e. The first-order valence-corrected chi connectivity index (χ1v) is 13.7. The van der Waals surface area contributed by atoms with Gasteiger partial charge in [0.1, 0.15) is 0 Å². The van der Waals surface area contributed by atoms with Crippen LogP contribution in [0.15, 0.2) is 71.0 Å². The first-order chi connectivity index (χ1) is 17.2. The molecular weight excluding hydrogens is 545 g/mol. The number of carbonyl (C=O) groups excluding carboxylic acids is 1. The van der Waals surface area contributed by atoms with Gasteiger partial charge in [-0.2, -0.15) is 0 Å². The zero-order valence-electron chi connectivity index (χ0n) is 18.5. The number of halogens is 2. The Hall–Kier alpha value is -3.03. The summed E-state index contributed by atoms with van der Waals surface area (Å²) in [6.07, 6.45) is 3.73. The van der Waals surface area contributed by atoms with Gasteiger partial charge in [0.25, 0.3) is 5.91 Å². The normalized spacial score (nSPS) is 11.4. The van der Waals surface area contributed by atoms with Crippen molar-refractivity contribution in [3.63, 3.8) is 0 Å². The molecule has 14 heteroatoms. The quantitative estimate of drug-likeness (QED) is 0.233. The van der Waals surface area contributed by atoms with Crippen LogP contribution in [0.2, 0.25) is 10.0 Å². The van der Waals surface area contributed by atoms with Crippen molar-refractivity contribution in [2.45, 2.75) is 22.2 Å². The van der Waals surface area contributed by atoms with Crippen molar-refractivity contribution in [2.75, 3.05) is 6.54 Å². The van der Waals surface area contributed by atoms with Crippen LogP contribution in [0.1, 0.15) is 21.7 Å². The highest BCUT2D eigenvalue weighted by atomic mass is 35.5. The van der Waals surface area contributed by atoms with Gasteiger partial charge in [0.15, 0.2) is 10.9 Å². The number of hydrogen-bond donors (Lipinski definition) is 2. The number of nitrogens with zero attached hydrogens (tertiary/aromatic N) is 5. The highest BCUT2D eigenvalue weighted by Crippen LogP contribution is 2.26. The summed E-state index contributed by atoms with van der Waals surface area (Å²) in [6.45, 7) is 0.289. The minimum atomic E-state index is -3.76. The van der Waals surface area contributed by atoms with Gasteiger partial charge in [-0.1, -0.05) is 52.3 Å². The van der Waals surface area contributed by atoms with E-state index in [-0.39, 0.29) is 17.1 Å². The van der Waals surface area contributed by atoms with Gasteiger partial charge in [0, 0.05) is 34.7 Å². The molecule has 4 aromatic rings. The number of thioether (sulfide) groups is 1. The maximum absolute atomic E-state index is 13.0. The fourth-order valence-electron chi connectivity index (χ4n) is 3.22. The van der Waals surface area contributed by atoms with Crippen LogP contribution in [0.25, 0.3) is 5.69 Å². The zero-order chi connectivity index (χ0) is 25.7. The number of carbonyl (C=O) groups is 1. The van der Waals surface area contributed by atoms with Gasteiger partial charge < -0.3 is 5.32 Å². The summed E-state index contributed by atoms with van der Waals surface area (Å²) in [6, 6.07) is 12.8. The first kappa shape index (κ1) is 26.0. The van der Waals surface area contributed by atoms with Gasteiger partial charge in [0.05, 0.1) is 16.3 Å². The molecule has 0 unspecified atom stereocenters. The van der Waals surface area contributed by atoms with Crippen molar-refractivity contribution in [3.05, 3.63) is 87.9 Å². The summed E-state index contributed by atoms with van der Waals surface area (Å²) in [5, 5.41) is 17.6. The molecule has 1 amide bonds. The van der Waals surface area contributed by atoms with E-state index >= 15 is 0 Å². The third-order valence-electron chi connectivity index (χ3n) is 4.90. The Kier molecular flexibility index (Phi) is 8.21. The number of hydrogen-bond acceptors (Lipinski definition) is 8. The van der Waals surface area contributed by atoms with Crippen LogP contribution in [-0.2, 0) is 22.2 Å². The third kappa shape index (κ3) is 6.59. The van der Waals surface area contributed by atoms with Crippen LogP contribution >= 0.6 is 35.0 Å². The van der Waals surface area contributed by atoms with Gasteiger partial charge in [-0.05, 0) is 48.4 Å². The Labute approximate surface area is 221 Å². The second-order valence-electron chi connectivity index (χ2n) is 7.44. The van der Waals surface area contributed by atoms with E-state index in [1.807, 2.05) is 0 Å². The van der Waals surface area contributed by atoms with Crippen molar-refractivity contribution in [2.24, 2.45) is 5.14 Å². The molecule has 2 heterocycles. The number of sulfonamides is 1. The Bertz CT molecular complexity index is 1460. The van der Waals surface area contributed by atoms with Crippen molar-refractivity contribution < 1.29 is 13.2 Å². The van der Waals surface area contributed by atoms with Gasteiger partial charge in [-0.25, -0.2) is 28.2 Å². The van der Waals surface area contributed by atoms with Crippen LogP contribution in [0.4, 0.5) is 0 Å². The largest absolute Gasteiger partial charge is 0.350 e. The van der Waals surface area contributed by atoms with E-state index in [9.17, 15) is 13.2 Å². The molecule has 0 radical (unpaired) electrons. The number of benzene rings is 2. The van der Waals surface area contributed by atoms with Gasteiger partial charge in [-0.15, -0.1) is 5.10 Å². The molecule has 0 atom stereocenters. The fourth-order valence-corrected chi connectivity index (χ4v) is 5.04. The molecule has 186 valence electrons.